The first-order valence-corrected chi connectivity index (χ1v) is 8.63. The quantitative estimate of drug-likeness (QED) is 0.868. The minimum absolute atomic E-state index is 0.150. The number of nitrogens with zero attached hydrogens (tertiary/aromatic N) is 1. The highest BCUT2D eigenvalue weighted by atomic mass is 16.2. The van der Waals surface area contributed by atoms with Gasteiger partial charge in [0.2, 0.25) is 17.7 Å². The van der Waals surface area contributed by atoms with Crippen molar-refractivity contribution in [1.29, 1.82) is 0 Å². The van der Waals surface area contributed by atoms with E-state index in [0.717, 1.165) is 53.8 Å². The first-order chi connectivity index (χ1) is 11.4. The van der Waals surface area contributed by atoms with Crippen molar-refractivity contribution in [3.8, 4) is 0 Å². The maximum atomic E-state index is 12.7. The van der Waals surface area contributed by atoms with E-state index in [4.69, 9.17) is 0 Å². The zero-order valence-corrected chi connectivity index (χ0v) is 14.4. The van der Waals surface area contributed by atoms with Crippen molar-refractivity contribution in [3.63, 3.8) is 0 Å². The van der Waals surface area contributed by atoms with Crippen LogP contribution in [0.1, 0.15) is 49.7 Å². The minimum Gasteiger partial charge on any atom is -0.324 e. The average molecular weight is 328 g/mol. The standard InChI is InChI=1S/C19H24N2O3/c1-13-6-7-14(2)15(10-13)20-16(22)12-21-17(23)11-19(18(21)24)8-4-3-5-9-19/h6-7,10H,3-5,8-9,11-12H2,1-2H3,(H,20,22). The summed E-state index contributed by atoms with van der Waals surface area (Å²) >= 11 is 0. The van der Waals surface area contributed by atoms with Crippen LogP contribution in [0.3, 0.4) is 0 Å². The van der Waals surface area contributed by atoms with Gasteiger partial charge in [0, 0.05) is 12.1 Å². The molecule has 1 aromatic rings. The van der Waals surface area contributed by atoms with Crippen molar-refractivity contribution >= 4 is 23.4 Å². The van der Waals surface area contributed by atoms with Crippen LogP contribution in [0.15, 0.2) is 18.2 Å². The lowest BCUT2D eigenvalue weighted by Gasteiger charge is -2.30. The highest BCUT2D eigenvalue weighted by Gasteiger charge is 2.51. The zero-order valence-electron chi connectivity index (χ0n) is 14.4. The molecular weight excluding hydrogens is 304 g/mol. The summed E-state index contributed by atoms with van der Waals surface area (Å²) in [5.74, 6) is -0.681. The molecule has 0 radical (unpaired) electrons. The predicted molar refractivity (Wildman–Crippen MR) is 91.4 cm³/mol. The zero-order chi connectivity index (χ0) is 17.3. The monoisotopic (exact) mass is 328 g/mol. The highest BCUT2D eigenvalue weighted by molar-refractivity contribution is 6.09. The highest BCUT2D eigenvalue weighted by Crippen LogP contribution is 2.45. The lowest BCUT2D eigenvalue weighted by molar-refractivity contribution is -0.144. The Morgan fingerprint density at radius 3 is 2.58 bits per heavy atom. The third-order valence-electron chi connectivity index (χ3n) is 5.27. The van der Waals surface area contributed by atoms with Gasteiger partial charge in [-0.3, -0.25) is 19.3 Å². The van der Waals surface area contributed by atoms with Crippen molar-refractivity contribution in [1.82, 2.24) is 4.90 Å². The molecule has 1 spiro atoms. The van der Waals surface area contributed by atoms with Gasteiger partial charge in [0.25, 0.3) is 0 Å². The van der Waals surface area contributed by atoms with Crippen LogP contribution in [0.5, 0.6) is 0 Å². The number of amides is 3. The molecular formula is C19H24N2O3. The van der Waals surface area contributed by atoms with Gasteiger partial charge < -0.3 is 5.32 Å². The number of carbonyl (C=O) groups excluding carboxylic acids is 3. The van der Waals surface area contributed by atoms with Gasteiger partial charge in [-0.25, -0.2) is 0 Å². The first-order valence-electron chi connectivity index (χ1n) is 8.63. The van der Waals surface area contributed by atoms with Gasteiger partial charge in [-0.1, -0.05) is 31.4 Å². The maximum absolute atomic E-state index is 12.7. The Balaban J connectivity index is 1.69. The van der Waals surface area contributed by atoms with Crippen LogP contribution < -0.4 is 5.32 Å². The van der Waals surface area contributed by atoms with Crippen LogP contribution in [0.4, 0.5) is 5.69 Å². The van der Waals surface area contributed by atoms with Crippen LogP contribution in [0.25, 0.3) is 0 Å². The van der Waals surface area contributed by atoms with Gasteiger partial charge in [-0.05, 0) is 43.9 Å². The molecule has 0 atom stereocenters. The molecule has 0 bridgehead atoms. The lowest BCUT2D eigenvalue weighted by Crippen LogP contribution is -2.41. The maximum Gasteiger partial charge on any atom is 0.244 e. The number of anilines is 1. The fourth-order valence-corrected chi connectivity index (χ4v) is 3.84. The molecule has 1 saturated heterocycles. The molecule has 0 aromatic heterocycles. The number of carbonyl (C=O) groups is 3. The molecule has 1 aromatic carbocycles. The third-order valence-corrected chi connectivity index (χ3v) is 5.27. The second-order valence-electron chi connectivity index (χ2n) is 7.17. The third kappa shape index (κ3) is 3.07. The largest absolute Gasteiger partial charge is 0.324 e. The van der Waals surface area contributed by atoms with Crippen molar-refractivity contribution in [2.45, 2.75) is 52.4 Å². The number of aryl methyl sites for hydroxylation is 2. The number of benzene rings is 1. The van der Waals surface area contributed by atoms with E-state index in [1.807, 2.05) is 32.0 Å². The van der Waals surface area contributed by atoms with E-state index in [1.165, 1.54) is 0 Å². The molecule has 2 aliphatic rings. The second kappa shape index (κ2) is 6.38. The van der Waals surface area contributed by atoms with Gasteiger partial charge in [0.05, 0.1) is 5.41 Å². The van der Waals surface area contributed by atoms with E-state index in [0.29, 0.717) is 0 Å². The van der Waals surface area contributed by atoms with Crippen molar-refractivity contribution in [2.75, 3.05) is 11.9 Å². The van der Waals surface area contributed by atoms with Crippen molar-refractivity contribution in [3.05, 3.63) is 29.3 Å². The topological polar surface area (TPSA) is 66.5 Å². The molecule has 1 N–H and O–H groups in total. The molecule has 1 aliphatic heterocycles. The number of nitrogens with one attached hydrogen (secondary N) is 1. The van der Waals surface area contributed by atoms with Gasteiger partial charge >= 0.3 is 0 Å². The SMILES string of the molecule is Cc1ccc(C)c(NC(=O)CN2C(=O)CC3(CCCCC3)C2=O)c1. The van der Waals surface area contributed by atoms with E-state index < -0.39 is 5.41 Å². The summed E-state index contributed by atoms with van der Waals surface area (Å²) in [6.07, 6.45) is 4.90. The van der Waals surface area contributed by atoms with E-state index in [9.17, 15) is 14.4 Å². The molecule has 3 rings (SSSR count). The van der Waals surface area contributed by atoms with Gasteiger partial charge in [-0.15, -0.1) is 0 Å². The predicted octanol–water partition coefficient (Wildman–Crippen LogP) is 2.95. The second-order valence-corrected chi connectivity index (χ2v) is 7.17. The Morgan fingerprint density at radius 2 is 1.88 bits per heavy atom. The molecule has 5 heteroatoms. The van der Waals surface area contributed by atoms with Crippen LogP contribution in [-0.4, -0.2) is 29.2 Å². The number of imide groups is 1. The summed E-state index contributed by atoms with van der Waals surface area (Å²) < 4.78 is 0. The molecule has 24 heavy (non-hydrogen) atoms. The summed E-state index contributed by atoms with van der Waals surface area (Å²) in [7, 11) is 0. The summed E-state index contributed by atoms with van der Waals surface area (Å²) in [4.78, 5) is 38.5. The first kappa shape index (κ1) is 16.7. The molecule has 1 heterocycles. The fraction of sp³-hybridized carbons (Fsp3) is 0.526. The summed E-state index contributed by atoms with van der Waals surface area (Å²) in [6.45, 7) is 3.68. The molecule has 5 nitrogen and oxygen atoms in total. The van der Waals surface area contributed by atoms with Crippen LogP contribution in [0, 0.1) is 19.3 Å². The van der Waals surface area contributed by atoms with Crippen molar-refractivity contribution < 1.29 is 14.4 Å². The van der Waals surface area contributed by atoms with Crippen LogP contribution >= 0.6 is 0 Å². The molecule has 1 saturated carbocycles. The van der Waals surface area contributed by atoms with Crippen LogP contribution in [-0.2, 0) is 14.4 Å². The van der Waals surface area contributed by atoms with E-state index in [-0.39, 0.29) is 30.7 Å². The summed E-state index contributed by atoms with van der Waals surface area (Å²) in [5, 5.41) is 2.83. The van der Waals surface area contributed by atoms with Gasteiger partial charge in [0.1, 0.15) is 6.54 Å². The van der Waals surface area contributed by atoms with Gasteiger partial charge in [0.15, 0.2) is 0 Å². The molecule has 1 aliphatic carbocycles. The summed E-state index contributed by atoms with van der Waals surface area (Å²) in [5.41, 5.74) is 2.20. The van der Waals surface area contributed by atoms with Crippen LogP contribution in [0.2, 0.25) is 0 Å². The average Bonchev–Trinajstić information content (AvgIpc) is 2.76. The Morgan fingerprint density at radius 1 is 1.17 bits per heavy atom. The molecule has 0 unspecified atom stereocenters. The Bertz CT molecular complexity index is 690. The van der Waals surface area contributed by atoms with Gasteiger partial charge in [-0.2, -0.15) is 0 Å². The van der Waals surface area contributed by atoms with E-state index in [2.05, 4.69) is 5.32 Å². The number of likely N-dealkylation sites (tertiary alicyclic amines) is 1. The summed E-state index contributed by atoms with van der Waals surface area (Å²) in [6, 6.07) is 5.81. The lowest BCUT2D eigenvalue weighted by atomic mass is 9.73. The van der Waals surface area contributed by atoms with E-state index >= 15 is 0 Å². The molecule has 3 amide bonds. The minimum atomic E-state index is -0.533. The number of rotatable bonds is 3. The number of hydrogen-bond donors (Lipinski definition) is 1. The fourth-order valence-electron chi connectivity index (χ4n) is 3.84. The number of hydrogen-bond acceptors (Lipinski definition) is 3. The normalized spacial score (nSPS) is 19.8. The Hall–Kier alpha value is -2.17. The smallest absolute Gasteiger partial charge is 0.244 e. The molecule has 128 valence electrons. The molecule has 2 fully saturated rings. The van der Waals surface area contributed by atoms with E-state index in [1.54, 1.807) is 0 Å². The Kier molecular flexibility index (Phi) is 4.43. The Labute approximate surface area is 142 Å². The van der Waals surface area contributed by atoms with Crippen molar-refractivity contribution in [2.24, 2.45) is 5.41 Å².